The molecule has 2 aromatic carbocycles. The Morgan fingerprint density at radius 3 is 2.11 bits per heavy atom. The first-order valence-corrected chi connectivity index (χ1v) is 8.68. The van der Waals surface area contributed by atoms with Crippen molar-refractivity contribution in [2.75, 3.05) is 0 Å². The van der Waals surface area contributed by atoms with Gasteiger partial charge in [0.25, 0.3) is 0 Å². The molecule has 0 amide bonds. The number of Topliss-reactive ketones (excluding diaryl/α,β-unsaturated/α-hetero) is 2. The number of aromatic nitrogens is 1. The molecule has 4 aromatic rings. The highest BCUT2D eigenvalue weighted by atomic mass is 16.3. The van der Waals surface area contributed by atoms with E-state index in [1.165, 1.54) is 0 Å². The lowest BCUT2D eigenvalue weighted by Crippen LogP contribution is -2.01. The quantitative estimate of drug-likeness (QED) is 0.380. The van der Waals surface area contributed by atoms with Crippen LogP contribution < -0.4 is 0 Å². The van der Waals surface area contributed by atoms with Crippen LogP contribution in [-0.4, -0.2) is 16.1 Å². The lowest BCUT2D eigenvalue weighted by Gasteiger charge is -2.00. The van der Waals surface area contributed by atoms with Gasteiger partial charge in [-0.15, -0.1) is 0 Å². The Kier molecular flexibility index (Phi) is 3.28. The fourth-order valence-corrected chi connectivity index (χ4v) is 3.57. The predicted molar refractivity (Wildman–Crippen MR) is 104 cm³/mol. The number of nitrogens with zero attached hydrogens (tertiary/aromatic N) is 1. The average Bonchev–Trinajstić information content (AvgIpc) is 3.32. The maximum absolute atomic E-state index is 12.6. The van der Waals surface area contributed by atoms with Crippen LogP contribution in [0.5, 0.6) is 0 Å². The third-order valence-electron chi connectivity index (χ3n) is 5.02. The highest BCUT2D eigenvalue weighted by molar-refractivity contribution is 6.41. The largest absolute Gasteiger partial charge is 0.454 e. The molecule has 0 spiro atoms. The number of carbonyl (C=O) groups excluding carboxylic acids is 2. The number of benzene rings is 2. The molecule has 0 N–H and O–H groups in total. The number of carbonyl (C=O) groups is 2. The summed E-state index contributed by atoms with van der Waals surface area (Å²) >= 11 is 0. The maximum atomic E-state index is 12.6. The van der Waals surface area contributed by atoms with Crippen LogP contribution in [-0.2, 0) is 7.05 Å². The zero-order chi connectivity index (χ0) is 18.5. The second-order valence-corrected chi connectivity index (χ2v) is 6.62. The molecule has 1 aliphatic rings. The predicted octanol–water partition coefficient (Wildman–Crippen LogP) is 4.90. The smallest absolute Gasteiger partial charge is 0.197 e. The van der Waals surface area contributed by atoms with Crippen molar-refractivity contribution in [2.45, 2.75) is 0 Å². The van der Waals surface area contributed by atoms with Crippen LogP contribution in [0, 0.1) is 0 Å². The number of aryl methyl sites for hydroxylation is 1. The van der Waals surface area contributed by atoms with Gasteiger partial charge in [-0.1, -0.05) is 54.6 Å². The van der Waals surface area contributed by atoms with Gasteiger partial charge >= 0.3 is 0 Å². The second-order valence-electron chi connectivity index (χ2n) is 6.62. The number of rotatable bonds is 2. The zero-order valence-electron chi connectivity index (χ0n) is 14.6. The van der Waals surface area contributed by atoms with Crippen LogP contribution in [0.1, 0.15) is 26.4 Å². The lowest BCUT2D eigenvalue weighted by molar-refractivity contribution is 0.0990. The van der Waals surface area contributed by atoms with Gasteiger partial charge in [-0.05, 0) is 6.08 Å². The Morgan fingerprint density at radius 2 is 1.48 bits per heavy atom. The van der Waals surface area contributed by atoms with Crippen molar-refractivity contribution in [3.05, 3.63) is 89.1 Å². The number of fused-ring (bicyclic) bond motifs is 2. The molecule has 0 fully saturated rings. The number of hydrogen-bond donors (Lipinski definition) is 0. The SMILES string of the molecule is Cn1c(C=C2C(=O)c3ccccc3C2=O)cc2oc(-c3ccccc3)cc21. The highest BCUT2D eigenvalue weighted by Crippen LogP contribution is 2.32. The van der Waals surface area contributed by atoms with Gasteiger partial charge in [0, 0.05) is 41.6 Å². The molecular weight excluding hydrogens is 338 g/mol. The van der Waals surface area contributed by atoms with Gasteiger partial charge in [-0.2, -0.15) is 0 Å². The summed E-state index contributed by atoms with van der Waals surface area (Å²) in [5, 5.41) is 0. The van der Waals surface area contributed by atoms with Crippen LogP contribution in [0.25, 0.3) is 28.5 Å². The number of hydrogen-bond acceptors (Lipinski definition) is 3. The zero-order valence-corrected chi connectivity index (χ0v) is 14.6. The Morgan fingerprint density at radius 1 is 0.852 bits per heavy atom. The van der Waals surface area contributed by atoms with Crippen molar-refractivity contribution >= 4 is 28.7 Å². The second kappa shape index (κ2) is 5.68. The third kappa shape index (κ3) is 2.30. The molecule has 0 radical (unpaired) electrons. The lowest BCUT2D eigenvalue weighted by atomic mass is 10.1. The van der Waals surface area contributed by atoms with Gasteiger partial charge in [0.05, 0.1) is 11.1 Å². The summed E-state index contributed by atoms with van der Waals surface area (Å²) in [6, 6.07) is 20.6. The van der Waals surface area contributed by atoms with Crippen molar-refractivity contribution in [1.29, 1.82) is 0 Å². The maximum Gasteiger partial charge on any atom is 0.197 e. The Balaban J connectivity index is 1.58. The van der Waals surface area contributed by atoms with Crippen molar-refractivity contribution < 1.29 is 14.0 Å². The van der Waals surface area contributed by atoms with E-state index < -0.39 is 0 Å². The standard InChI is InChI=1S/C23H15NO3/c1-24-15(11-18-22(25)16-9-5-6-10-17(16)23(18)26)12-21-19(24)13-20(27-21)14-7-3-2-4-8-14/h2-13H,1H3. The van der Waals surface area contributed by atoms with Crippen molar-refractivity contribution in [3.63, 3.8) is 0 Å². The summed E-state index contributed by atoms with van der Waals surface area (Å²) in [5.74, 6) is 0.340. The van der Waals surface area contributed by atoms with Gasteiger partial charge < -0.3 is 8.98 Å². The van der Waals surface area contributed by atoms with Crippen LogP contribution in [0.4, 0.5) is 0 Å². The van der Waals surface area contributed by atoms with E-state index in [1.54, 1.807) is 30.3 Å². The summed E-state index contributed by atoms with van der Waals surface area (Å²) in [5.41, 5.74) is 4.53. The molecule has 4 nitrogen and oxygen atoms in total. The molecule has 0 saturated carbocycles. The van der Waals surface area contributed by atoms with Crippen molar-refractivity contribution in [2.24, 2.45) is 7.05 Å². The molecule has 130 valence electrons. The number of furan rings is 1. The average molecular weight is 353 g/mol. The molecule has 0 bridgehead atoms. The Labute approximate surface area is 155 Å². The van der Waals surface area contributed by atoms with E-state index >= 15 is 0 Å². The van der Waals surface area contributed by atoms with Gasteiger partial charge in [-0.3, -0.25) is 9.59 Å². The molecule has 2 heterocycles. The number of allylic oxidation sites excluding steroid dienone is 1. The topological polar surface area (TPSA) is 52.2 Å². The van der Waals surface area contributed by atoms with E-state index in [-0.39, 0.29) is 17.1 Å². The van der Waals surface area contributed by atoms with Crippen molar-refractivity contribution in [1.82, 2.24) is 4.57 Å². The first-order chi connectivity index (χ1) is 13.1. The van der Waals surface area contributed by atoms with Gasteiger partial charge in [0.1, 0.15) is 5.76 Å². The highest BCUT2D eigenvalue weighted by Gasteiger charge is 2.32. The fourth-order valence-electron chi connectivity index (χ4n) is 3.57. The summed E-state index contributed by atoms with van der Waals surface area (Å²) in [4.78, 5) is 25.2. The molecule has 0 aliphatic heterocycles. The van der Waals surface area contributed by atoms with Crippen LogP contribution in [0.3, 0.4) is 0 Å². The summed E-state index contributed by atoms with van der Waals surface area (Å²) in [7, 11) is 1.90. The molecule has 27 heavy (non-hydrogen) atoms. The normalized spacial score (nSPS) is 13.4. The van der Waals surface area contributed by atoms with E-state index in [1.807, 2.05) is 54.1 Å². The molecule has 5 rings (SSSR count). The van der Waals surface area contributed by atoms with Crippen LogP contribution >= 0.6 is 0 Å². The first-order valence-electron chi connectivity index (χ1n) is 8.68. The van der Waals surface area contributed by atoms with E-state index in [2.05, 4.69) is 0 Å². The minimum Gasteiger partial charge on any atom is -0.454 e. The Bertz CT molecular complexity index is 1220. The summed E-state index contributed by atoms with van der Waals surface area (Å²) in [6.45, 7) is 0. The van der Waals surface area contributed by atoms with E-state index in [9.17, 15) is 9.59 Å². The van der Waals surface area contributed by atoms with Gasteiger partial charge in [0.2, 0.25) is 0 Å². The third-order valence-corrected chi connectivity index (χ3v) is 5.02. The molecular formula is C23H15NO3. The van der Waals surface area contributed by atoms with Gasteiger partial charge in [-0.25, -0.2) is 0 Å². The minimum absolute atomic E-state index is 0.197. The minimum atomic E-state index is -0.224. The van der Waals surface area contributed by atoms with Gasteiger partial charge in [0.15, 0.2) is 17.1 Å². The first kappa shape index (κ1) is 15.6. The molecule has 2 aromatic heterocycles. The summed E-state index contributed by atoms with van der Waals surface area (Å²) < 4.78 is 7.91. The number of ketones is 2. The van der Waals surface area contributed by atoms with E-state index in [0.29, 0.717) is 11.1 Å². The monoisotopic (exact) mass is 353 g/mol. The van der Waals surface area contributed by atoms with Crippen molar-refractivity contribution in [3.8, 4) is 11.3 Å². The molecule has 4 heteroatoms. The van der Waals surface area contributed by atoms with Crippen LogP contribution in [0.2, 0.25) is 0 Å². The molecule has 0 atom stereocenters. The summed E-state index contributed by atoms with van der Waals surface area (Å²) in [6.07, 6.45) is 1.66. The Hall–Kier alpha value is -3.66. The van der Waals surface area contributed by atoms with Crippen LogP contribution in [0.15, 0.2) is 76.7 Å². The molecule has 0 saturated heterocycles. The molecule has 1 aliphatic carbocycles. The molecule has 0 unspecified atom stereocenters. The fraction of sp³-hybridized carbons (Fsp3) is 0.0435. The van der Waals surface area contributed by atoms with E-state index in [0.717, 1.165) is 28.1 Å². The van der Waals surface area contributed by atoms with E-state index in [4.69, 9.17) is 4.42 Å².